The summed E-state index contributed by atoms with van der Waals surface area (Å²) < 4.78 is 0. The molecule has 2 N–H and O–H groups in total. The van der Waals surface area contributed by atoms with E-state index in [1.165, 1.54) is 5.56 Å². The number of rotatable bonds is 8. The number of aliphatic carboxylic acids is 1. The first-order valence-corrected chi connectivity index (χ1v) is 7.71. The van der Waals surface area contributed by atoms with Gasteiger partial charge in [-0.3, -0.25) is 9.59 Å². The van der Waals surface area contributed by atoms with Crippen LogP contribution in [-0.4, -0.2) is 23.5 Å². The summed E-state index contributed by atoms with van der Waals surface area (Å²) in [5, 5.41) is 11.8. The van der Waals surface area contributed by atoms with Gasteiger partial charge in [-0.25, -0.2) is 0 Å². The maximum atomic E-state index is 12.3. The van der Waals surface area contributed by atoms with Crippen LogP contribution >= 0.6 is 0 Å². The zero-order chi connectivity index (χ0) is 16.8. The number of amides is 1. The molecule has 0 aromatic heterocycles. The van der Waals surface area contributed by atoms with Crippen LogP contribution in [0.3, 0.4) is 0 Å². The molecule has 1 amide bonds. The van der Waals surface area contributed by atoms with E-state index < -0.39 is 16.8 Å². The molecule has 0 heterocycles. The van der Waals surface area contributed by atoms with Crippen LogP contribution in [0.15, 0.2) is 30.3 Å². The third kappa shape index (κ3) is 5.51. The average molecular weight is 305 g/mol. The van der Waals surface area contributed by atoms with Gasteiger partial charge in [0.1, 0.15) is 0 Å². The first kappa shape index (κ1) is 18.2. The summed E-state index contributed by atoms with van der Waals surface area (Å²) in [6, 6.07) is 10.2. The third-order valence-electron chi connectivity index (χ3n) is 3.99. The Hall–Kier alpha value is -1.84. The normalized spacial score (nSPS) is 12.0. The highest BCUT2D eigenvalue weighted by Crippen LogP contribution is 2.24. The number of carbonyl (C=O) groups is 2. The molecule has 1 rings (SSSR count). The second kappa shape index (κ2) is 7.43. The van der Waals surface area contributed by atoms with Crippen LogP contribution in [-0.2, 0) is 16.0 Å². The fraction of sp³-hybridized carbons (Fsp3) is 0.556. The number of benzene rings is 1. The molecule has 4 heteroatoms. The lowest BCUT2D eigenvalue weighted by atomic mass is 9.85. The average Bonchev–Trinajstić information content (AvgIpc) is 2.45. The number of aryl methyl sites for hydroxylation is 1. The lowest BCUT2D eigenvalue weighted by molar-refractivity contribution is -0.147. The lowest BCUT2D eigenvalue weighted by Crippen LogP contribution is -2.44. The Balaban J connectivity index is 2.44. The first-order chi connectivity index (χ1) is 10.1. The van der Waals surface area contributed by atoms with Gasteiger partial charge in [0.25, 0.3) is 0 Å². The zero-order valence-electron chi connectivity index (χ0n) is 14.0. The fourth-order valence-electron chi connectivity index (χ4n) is 2.11. The molecule has 0 saturated heterocycles. The molecule has 1 aromatic rings. The topological polar surface area (TPSA) is 66.4 Å². The van der Waals surface area contributed by atoms with E-state index in [4.69, 9.17) is 5.11 Å². The van der Waals surface area contributed by atoms with E-state index in [0.29, 0.717) is 0 Å². The molecule has 0 bridgehead atoms. The molecule has 0 saturated carbocycles. The Labute approximate surface area is 132 Å². The lowest BCUT2D eigenvalue weighted by Gasteiger charge is -2.26. The van der Waals surface area contributed by atoms with Crippen LogP contribution in [0.2, 0.25) is 0 Å². The number of carboxylic acids is 1. The van der Waals surface area contributed by atoms with Crippen molar-refractivity contribution in [3.05, 3.63) is 35.9 Å². The van der Waals surface area contributed by atoms with E-state index in [9.17, 15) is 9.59 Å². The molecule has 1 aromatic carbocycles. The van der Waals surface area contributed by atoms with Crippen molar-refractivity contribution in [2.45, 2.75) is 47.0 Å². The van der Waals surface area contributed by atoms with E-state index >= 15 is 0 Å². The van der Waals surface area contributed by atoms with Gasteiger partial charge in [-0.2, -0.15) is 0 Å². The summed E-state index contributed by atoms with van der Waals surface area (Å²) >= 11 is 0. The van der Waals surface area contributed by atoms with Gasteiger partial charge < -0.3 is 10.4 Å². The number of carboxylic acid groups (broad SMARTS) is 1. The van der Waals surface area contributed by atoms with E-state index in [1.807, 2.05) is 32.0 Å². The second-order valence-electron chi connectivity index (χ2n) is 7.09. The second-order valence-corrected chi connectivity index (χ2v) is 7.09. The van der Waals surface area contributed by atoms with Crippen LogP contribution in [0.25, 0.3) is 0 Å². The van der Waals surface area contributed by atoms with Gasteiger partial charge in [0.2, 0.25) is 5.91 Å². The molecule has 0 spiro atoms. The van der Waals surface area contributed by atoms with Gasteiger partial charge in [-0.05, 0) is 38.7 Å². The molecule has 0 atom stereocenters. The van der Waals surface area contributed by atoms with Gasteiger partial charge in [0.05, 0.1) is 5.41 Å². The molecule has 22 heavy (non-hydrogen) atoms. The van der Waals surface area contributed by atoms with Crippen molar-refractivity contribution in [2.24, 2.45) is 10.8 Å². The molecular weight excluding hydrogens is 278 g/mol. The van der Waals surface area contributed by atoms with Gasteiger partial charge in [0.15, 0.2) is 0 Å². The minimum Gasteiger partial charge on any atom is -0.481 e. The zero-order valence-corrected chi connectivity index (χ0v) is 14.0. The Morgan fingerprint density at radius 1 is 1.05 bits per heavy atom. The highest BCUT2D eigenvalue weighted by Gasteiger charge is 2.31. The van der Waals surface area contributed by atoms with Crippen LogP contribution in [0.1, 0.15) is 46.1 Å². The Morgan fingerprint density at radius 3 is 2.18 bits per heavy atom. The Bertz CT molecular complexity index is 506. The summed E-state index contributed by atoms with van der Waals surface area (Å²) in [5.74, 6) is -0.996. The molecule has 0 radical (unpaired) electrons. The Morgan fingerprint density at radius 2 is 1.64 bits per heavy atom. The van der Waals surface area contributed by atoms with Crippen molar-refractivity contribution in [1.29, 1.82) is 0 Å². The van der Waals surface area contributed by atoms with Crippen molar-refractivity contribution in [1.82, 2.24) is 5.32 Å². The van der Waals surface area contributed by atoms with Crippen LogP contribution in [0, 0.1) is 10.8 Å². The molecule has 0 aliphatic carbocycles. The van der Waals surface area contributed by atoms with E-state index in [1.54, 1.807) is 13.8 Å². The minimum absolute atomic E-state index is 0.0881. The van der Waals surface area contributed by atoms with Crippen molar-refractivity contribution in [3.63, 3.8) is 0 Å². The molecule has 4 nitrogen and oxygen atoms in total. The van der Waals surface area contributed by atoms with Crippen molar-refractivity contribution in [3.8, 4) is 0 Å². The largest absolute Gasteiger partial charge is 0.481 e. The monoisotopic (exact) mass is 305 g/mol. The molecule has 0 aliphatic rings. The number of nitrogens with one attached hydrogen (secondary N) is 1. The SMILES string of the molecule is CC(C)(CNC(=O)C(C)(C)CCCc1ccccc1)C(=O)O. The van der Waals surface area contributed by atoms with Gasteiger partial charge in [0, 0.05) is 12.0 Å². The molecule has 0 unspecified atom stereocenters. The van der Waals surface area contributed by atoms with Crippen LogP contribution in [0.5, 0.6) is 0 Å². The quantitative estimate of drug-likeness (QED) is 0.774. The standard InChI is InChI=1S/C18H27NO3/c1-17(2,12-8-11-14-9-6-5-7-10-14)15(20)19-13-18(3,4)16(21)22/h5-7,9-10H,8,11-13H2,1-4H3,(H,19,20)(H,21,22). The summed E-state index contributed by atoms with van der Waals surface area (Å²) in [6.07, 6.45) is 2.63. The van der Waals surface area contributed by atoms with Crippen molar-refractivity contribution < 1.29 is 14.7 Å². The van der Waals surface area contributed by atoms with Crippen molar-refractivity contribution in [2.75, 3.05) is 6.54 Å². The van der Waals surface area contributed by atoms with Crippen molar-refractivity contribution >= 4 is 11.9 Å². The van der Waals surface area contributed by atoms with E-state index in [-0.39, 0.29) is 12.5 Å². The number of hydrogen-bond donors (Lipinski definition) is 2. The van der Waals surface area contributed by atoms with Gasteiger partial charge >= 0.3 is 5.97 Å². The van der Waals surface area contributed by atoms with E-state index in [2.05, 4.69) is 17.4 Å². The summed E-state index contributed by atoms with van der Waals surface area (Å²) in [5.41, 5.74) is -0.176. The van der Waals surface area contributed by atoms with Crippen LogP contribution < -0.4 is 5.32 Å². The molecule has 0 fully saturated rings. The van der Waals surface area contributed by atoms with E-state index in [0.717, 1.165) is 19.3 Å². The smallest absolute Gasteiger partial charge is 0.310 e. The fourth-order valence-corrected chi connectivity index (χ4v) is 2.11. The maximum absolute atomic E-state index is 12.3. The Kier molecular flexibility index (Phi) is 6.15. The number of carbonyl (C=O) groups excluding carboxylic acids is 1. The summed E-state index contributed by atoms with van der Waals surface area (Å²) in [4.78, 5) is 23.3. The predicted molar refractivity (Wildman–Crippen MR) is 87.6 cm³/mol. The van der Waals surface area contributed by atoms with Gasteiger partial charge in [-0.1, -0.05) is 44.2 Å². The molecule has 0 aliphatic heterocycles. The maximum Gasteiger partial charge on any atom is 0.310 e. The summed E-state index contributed by atoms with van der Waals surface area (Å²) in [6.45, 7) is 7.17. The van der Waals surface area contributed by atoms with Crippen LogP contribution in [0.4, 0.5) is 0 Å². The summed E-state index contributed by atoms with van der Waals surface area (Å²) in [7, 11) is 0. The molecular formula is C18H27NO3. The molecule has 122 valence electrons. The first-order valence-electron chi connectivity index (χ1n) is 7.71. The minimum atomic E-state index is -0.949. The highest BCUT2D eigenvalue weighted by molar-refractivity contribution is 5.82. The predicted octanol–water partition coefficient (Wildman–Crippen LogP) is 3.26. The number of hydrogen-bond acceptors (Lipinski definition) is 2. The third-order valence-corrected chi connectivity index (χ3v) is 3.99. The highest BCUT2D eigenvalue weighted by atomic mass is 16.4. The van der Waals surface area contributed by atoms with Gasteiger partial charge in [-0.15, -0.1) is 0 Å².